The summed E-state index contributed by atoms with van der Waals surface area (Å²) in [4.78, 5) is 14.8. The number of nitrogens with zero attached hydrogens (tertiary/aromatic N) is 1. The van der Waals surface area contributed by atoms with Gasteiger partial charge in [-0.1, -0.05) is 41.4 Å². The van der Waals surface area contributed by atoms with Gasteiger partial charge in [0.1, 0.15) is 6.04 Å². The van der Waals surface area contributed by atoms with Crippen LogP contribution in [0.4, 0.5) is 11.4 Å². The van der Waals surface area contributed by atoms with Crippen LogP contribution in [0, 0.1) is 0 Å². The molecule has 2 aromatic carbocycles. The van der Waals surface area contributed by atoms with Crippen LogP contribution >= 0.6 is 23.2 Å². The van der Waals surface area contributed by atoms with Gasteiger partial charge in [-0.25, -0.2) is 0 Å². The Kier molecular flexibility index (Phi) is 4.79. The number of hydrogen-bond acceptors (Lipinski definition) is 2. The summed E-state index contributed by atoms with van der Waals surface area (Å²) in [5.41, 5.74) is 2.97. The van der Waals surface area contributed by atoms with E-state index < -0.39 is 0 Å². The van der Waals surface area contributed by atoms with Crippen LogP contribution in [0.15, 0.2) is 42.5 Å². The van der Waals surface area contributed by atoms with Gasteiger partial charge in [0.25, 0.3) is 0 Å². The summed E-state index contributed by atoms with van der Waals surface area (Å²) in [6.07, 6.45) is 2.10. The molecule has 1 unspecified atom stereocenters. The Morgan fingerprint density at radius 2 is 2.00 bits per heavy atom. The molecule has 0 saturated heterocycles. The molecule has 5 heteroatoms. The zero-order chi connectivity index (χ0) is 16.4. The summed E-state index contributed by atoms with van der Waals surface area (Å²) < 4.78 is 0. The third-order valence-electron chi connectivity index (χ3n) is 4.18. The normalized spacial score (nSPS) is 15.0. The van der Waals surface area contributed by atoms with E-state index in [9.17, 15) is 4.79 Å². The highest BCUT2D eigenvalue weighted by atomic mass is 35.5. The number of fused-ring (bicyclic) bond motifs is 1. The predicted octanol–water partition coefficient (Wildman–Crippen LogP) is 4.77. The van der Waals surface area contributed by atoms with Crippen molar-refractivity contribution in [3.8, 4) is 0 Å². The summed E-state index contributed by atoms with van der Waals surface area (Å²) in [6.45, 7) is 2.78. The van der Waals surface area contributed by atoms with Gasteiger partial charge in [0.15, 0.2) is 0 Å². The molecule has 0 radical (unpaired) electrons. The number of para-hydroxylation sites is 1. The van der Waals surface area contributed by atoms with Gasteiger partial charge in [0.2, 0.25) is 5.91 Å². The highest BCUT2D eigenvalue weighted by molar-refractivity contribution is 6.35. The number of hydrogen-bond donors (Lipinski definition) is 1. The van der Waals surface area contributed by atoms with Crippen molar-refractivity contribution in [2.75, 3.05) is 16.8 Å². The molecule has 0 aliphatic carbocycles. The van der Waals surface area contributed by atoms with E-state index in [2.05, 4.69) is 22.3 Å². The molecule has 0 spiro atoms. The van der Waals surface area contributed by atoms with E-state index in [0.717, 1.165) is 25.1 Å². The molecular formula is C18H18Cl2N2O. The molecule has 1 aliphatic rings. The first-order valence-corrected chi connectivity index (χ1v) is 8.42. The average molecular weight is 349 g/mol. The van der Waals surface area contributed by atoms with E-state index in [1.807, 2.05) is 19.1 Å². The molecule has 0 saturated carbocycles. The quantitative estimate of drug-likeness (QED) is 0.865. The van der Waals surface area contributed by atoms with Gasteiger partial charge in [-0.3, -0.25) is 4.79 Å². The van der Waals surface area contributed by atoms with E-state index in [-0.39, 0.29) is 11.9 Å². The second-order valence-electron chi connectivity index (χ2n) is 5.72. The third kappa shape index (κ3) is 3.46. The highest BCUT2D eigenvalue weighted by Crippen LogP contribution is 2.30. The molecule has 23 heavy (non-hydrogen) atoms. The van der Waals surface area contributed by atoms with Gasteiger partial charge in [-0.2, -0.15) is 0 Å². The fraction of sp³-hybridized carbons (Fsp3) is 0.278. The topological polar surface area (TPSA) is 32.3 Å². The molecule has 0 aromatic heterocycles. The van der Waals surface area contributed by atoms with Crippen LogP contribution in [0.2, 0.25) is 10.0 Å². The first-order chi connectivity index (χ1) is 11.1. The minimum atomic E-state index is -0.286. The number of carbonyl (C=O) groups is 1. The average Bonchev–Trinajstić information content (AvgIpc) is 2.57. The number of aryl methyl sites for hydroxylation is 1. The van der Waals surface area contributed by atoms with Crippen LogP contribution < -0.4 is 10.2 Å². The monoisotopic (exact) mass is 348 g/mol. The van der Waals surface area contributed by atoms with Crippen LogP contribution in [0.1, 0.15) is 18.9 Å². The lowest BCUT2D eigenvalue weighted by atomic mass is 10.00. The molecule has 1 atom stereocenters. The van der Waals surface area contributed by atoms with Crippen LogP contribution in [0.3, 0.4) is 0 Å². The number of anilines is 2. The second-order valence-corrected chi connectivity index (χ2v) is 6.56. The molecule has 1 aliphatic heterocycles. The number of nitrogens with one attached hydrogen (secondary N) is 1. The van der Waals surface area contributed by atoms with Crippen molar-refractivity contribution in [3.05, 3.63) is 58.1 Å². The molecule has 1 heterocycles. The molecule has 1 N–H and O–H groups in total. The number of halogens is 2. The predicted molar refractivity (Wildman–Crippen MR) is 96.7 cm³/mol. The van der Waals surface area contributed by atoms with Gasteiger partial charge in [-0.15, -0.1) is 0 Å². The Bertz CT molecular complexity index is 733. The molecule has 0 fully saturated rings. The van der Waals surface area contributed by atoms with E-state index in [0.29, 0.717) is 15.7 Å². The summed E-state index contributed by atoms with van der Waals surface area (Å²) in [6, 6.07) is 13.0. The fourth-order valence-electron chi connectivity index (χ4n) is 2.94. The van der Waals surface area contributed by atoms with Crippen LogP contribution in [0.25, 0.3) is 0 Å². The molecule has 3 nitrogen and oxygen atoms in total. The molecule has 1 amide bonds. The third-order valence-corrected chi connectivity index (χ3v) is 4.74. The zero-order valence-corrected chi connectivity index (χ0v) is 14.4. The van der Waals surface area contributed by atoms with Crippen molar-refractivity contribution < 1.29 is 4.79 Å². The van der Waals surface area contributed by atoms with Gasteiger partial charge in [0.05, 0.1) is 10.7 Å². The summed E-state index contributed by atoms with van der Waals surface area (Å²) in [7, 11) is 0. The van der Waals surface area contributed by atoms with E-state index in [1.54, 1.807) is 18.2 Å². The van der Waals surface area contributed by atoms with Gasteiger partial charge in [-0.05, 0) is 49.6 Å². The van der Waals surface area contributed by atoms with Crippen molar-refractivity contribution in [2.45, 2.75) is 25.8 Å². The summed E-state index contributed by atoms with van der Waals surface area (Å²) in [5.74, 6) is -0.0918. The van der Waals surface area contributed by atoms with E-state index in [4.69, 9.17) is 23.2 Å². The lowest BCUT2D eigenvalue weighted by molar-refractivity contribution is -0.117. The van der Waals surface area contributed by atoms with Gasteiger partial charge in [0, 0.05) is 17.3 Å². The Labute approximate surface area is 146 Å². The minimum Gasteiger partial charge on any atom is -0.360 e. The SMILES string of the molecule is CC(C(=O)Nc1cc(Cl)ccc1Cl)N1CCCc2ccccc21. The molecule has 3 rings (SSSR count). The van der Waals surface area contributed by atoms with Crippen LogP contribution in [-0.4, -0.2) is 18.5 Å². The number of benzene rings is 2. The summed E-state index contributed by atoms with van der Waals surface area (Å²) >= 11 is 12.1. The second kappa shape index (κ2) is 6.81. The Balaban J connectivity index is 1.79. The van der Waals surface area contributed by atoms with E-state index in [1.165, 1.54) is 5.56 Å². The first kappa shape index (κ1) is 16.2. The van der Waals surface area contributed by atoms with Crippen LogP contribution in [0.5, 0.6) is 0 Å². The zero-order valence-electron chi connectivity index (χ0n) is 12.9. The minimum absolute atomic E-state index is 0.0918. The Hall–Kier alpha value is -1.71. The van der Waals surface area contributed by atoms with Crippen molar-refractivity contribution in [2.24, 2.45) is 0 Å². The van der Waals surface area contributed by atoms with Crippen molar-refractivity contribution >= 4 is 40.5 Å². The largest absolute Gasteiger partial charge is 0.360 e. The fourth-order valence-corrected chi connectivity index (χ4v) is 3.27. The maximum absolute atomic E-state index is 12.6. The van der Waals surface area contributed by atoms with Crippen LogP contribution in [-0.2, 0) is 11.2 Å². The van der Waals surface area contributed by atoms with Crippen molar-refractivity contribution in [1.82, 2.24) is 0 Å². The number of rotatable bonds is 3. The number of amides is 1. The maximum Gasteiger partial charge on any atom is 0.246 e. The first-order valence-electron chi connectivity index (χ1n) is 7.67. The lowest BCUT2D eigenvalue weighted by Crippen LogP contribution is -2.44. The Morgan fingerprint density at radius 3 is 2.83 bits per heavy atom. The molecule has 120 valence electrons. The van der Waals surface area contributed by atoms with Crippen molar-refractivity contribution in [3.63, 3.8) is 0 Å². The van der Waals surface area contributed by atoms with Gasteiger partial charge >= 0.3 is 0 Å². The van der Waals surface area contributed by atoms with Gasteiger partial charge < -0.3 is 10.2 Å². The molecule has 2 aromatic rings. The molecule has 0 bridgehead atoms. The number of carbonyl (C=O) groups excluding carboxylic acids is 1. The smallest absolute Gasteiger partial charge is 0.246 e. The maximum atomic E-state index is 12.6. The Morgan fingerprint density at radius 1 is 1.22 bits per heavy atom. The molecular weight excluding hydrogens is 331 g/mol. The summed E-state index contributed by atoms with van der Waals surface area (Å²) in [5, 5.41) is 3.90. The lowest BCUT2D eigenvalue weighted by Gasteiger charge is -2.35. The standard InChI is InChI=1S/C18H18Cl2N2O/c1-12(18(23)21-16-11-14(19)8-9-15(16)20)22-10-4-6-13-5-2-3-7-17(13)22/h2-3,5,7-9,11-12H,4,6,10H2,1H3,(H,21,23). The van der Waals surface area contributed by atoms with Crippen molar-refractivity contribution in [1.29, 1.82) is 0 Å². The van der Waals surface area contributed by atoms with E-state index >= 15 is 0 Å². The highest BCUT2D eigenvalue weighted by Gasteiger charge is 2.26.